The predicted octanol–water partition coefficient (Wildman–Crippen LogP) is -0.310. The van der Waals surface area contributed by atoms with E-state index in [0.717, 1.165) is 0 Å². The molecule has 0 fully saturated rings. The molecule has 0 bridgehead atoms. The van der Waals surface area contributed by atoms with Gasteiger partial charge in [-0.3, -0.25) is 4.79 Å². The lowest BCUT2D eigenvalue weighted by Gasteiger charge is -2.23. The topological polar surface area (TPSA) is 117 Å². The summed E-state index contributed by atoms with van der Waals surface area (Å²) in [7, 11) is 0. The van der Waals surface area contributed by atoms with Crippen molar-refractivity contribution in [3.05, 3.63) is 0 Å². The van der Waals surface area contributed by atoms with Crippen LogP contribution < -0.4 is 16.0 Å². The summed E-state index contributed by atoms with van der Waals surface area (Å²) < 4.78 is 4.74. The fraction of sp³-hybridized carbons (Fsp3) is 0.750. The molecule has 20 heavy (non-hydrogen) atoms. The molecule has 0 aromatic carbocycles. The number of nitrogens with one attached hydrogen (secondary N) is 3. The van der Waals surface area contributed by atoms with Gasteiger partial charge >= 0.3 is 12.0 Å². The van der Waals surface area contributed by atoms with E-state index in [0.29, 0.717) is 0 Å². The molecule has 0 spiro atoms. The molecule has 1 atom stereocenters. The van der Waals surface area contributed by atoms with Gasteiger partial charge in [0.2, 0.25) is 5.91 Å². The van der Waals surface area contributed by atoms with Crippen molar-refractivity contribution in [3.63, 3.8) is 0 Å². The van der Waals surface area contributed by atoms with Crippen LogP contribution in [0.1, 0.15) is 27.7 Å². The highest BCUT2D eigenvalue weighted by atomic mass is 16.5. The number of carbonyl (C=O) groups excluding carboxylic acids is 2. The summed E-state index contributed by atoms with van der Waals surface area (Å²) in [5.41, 5.74) is -0.367. The summed E-state index contributed by atoms with van der Waals surface area (Å²) in [6, 6.07) is -1.19. The summed E-state index contributed by atoms with van der Waals surface area (Å²) in [6.07, 6.45) is 0. The molecule has 116 valence electrons. The molecule has 0 saturated heterocycles. The quantitative estimate of drug-likeness (QED) is 0.480. The molecular weight excluding hydrogens is 266 g/mol. The van der Waals surface area contributed by atoms with Crippen LogP contribution in [0.4, 0.5) is 4.79 Å². The first-order valence-electron chi connectivity index (χ1n) is 6.28. The monoisotopic (exact) mass is 289 g/mol. The highest BCUT2D eigenvalue weighted by Gasteiger charge is 2.20. The summed E-state index contributed by atoms with van der Waals surface area (Å²) >= 11 is 0. The number of carboxylic acids is 1. The summed E-state index contributed by atoms with van der Waals surface area (Å²) in [5, 5.41) is 16.0. The zero-order valence-electron chi connectivity index (χ0n) is 12.3. The number of hydrogen-bond donors (Lipinski definition) is 4. The average Bonchev–Trinajstić information content (AvgIpc) is 2.25. The highest BCUT2D eigenvalue weighted by molar-refractivity contribution is 5.87. The summed E-state index contributed by atoms with van der Waals surface area (Å²) in [6.45, 7) is 6.94. The van der Waals surface area contributed by atoms with Crippen LogP contribution in [-0.2, 0) is 14.3 Å². The van der Waals surface area contributed by atoms with Gasteiger partial charge in [0.25, 0.3) is 0 Å². The highest BCUT2D eigenvalue weighted by Crippen LogP contribution is 1.99. The molecule has 0 aromatic heterocycles. The Labute approximate surface area is 118 Å². The lowest BCUT2D eigenvalue weighted by atomic mass is 10.1. The van der Waals surface area contributed by atoms with Crippen LogP contribution in [0.25, 0.3) is 0 Å². The normalized spacial score (nSPS) is 12.4. The van der Waals surface area contributed by atoms with Gasteiger partial charge in [-0.2, -0.15) is 0 Å². The first-order valence-corrected chi connectivity index (χ1v) is 6.28. The molecule has 8 heteroatoms. The van der Waals surface area contributed by atoms with E-state index in [1.54, 1.807) is 6.92 Å². The number of aliphatic carboxylic acids is 1. The summed E-state index contributed by atoms with van der Waals surface area (Å²) in [5.74, 6) is -1.35. The van der Waals surface area contributed by atoms with E-state index in [4.69, 9.17) is 9.84 Å². The maximum atomic E-state index is 11.7. The molecular formula is C12H23N3O5. The second-order valence-corrected chi connectivity index (χ2v) is 5.31. The lowest BCUT2D eigenvalue weighted by molar-refractivity contribution is -0.142. The molecule has 4 N–H and O–H groups in total. The second kappa shape index (κ2) is 8.36. The number of rotatable bonds is 7. The number of carboxylic acid groups (broad SMARTS) is 1. The van der Waals surface area contributed by atoms with E-state index in [-0.39, 0.29) is 24.6 Å². The Morgan fingerprint density at radius 3 is 2.35 bits per heavy atom. The van der Waals surface area contributed by atoms with E-state index in [1.807, 2.05) is 20.8 Å². The zero-order valence-corrected chi connectivity index (χ0v) is 12.3. The SMILES string of the molecule is CC(NC(=O)NCCOCC(=O)O)C(=O)NC(C)(C)C. The molecule has 0 heterocycles. The molecule has 0 saturated carbocycles. The Morgan fingerprint density at radius 2 is 1.85 bits per heavy atom. The first-order chi connectivity index (χ1) is 9.11. The van der Waals surface area contributed by atoms with Gasteiger partial charge < -0.3 is 25.8 Å². The lowest BCUT2D eigenvalue weighted by Crippen LogP contribution is -2.53. The second-order valence-electron chi connectivity index (χ2n) is 5.31. The Hall–Kier alpha value is -1.83. The maximum Gasteiger partial charge on any atom is 0.329 e. The van der Waals surface area contributed by atoms with Crippen molar-refractivity contribution in [3.8, 4) is 0 Å². The van der Waals surface area contributed by atoms with Crippen LogP contribution in [0.15, 0.2) is 0 Å². The van der Waals surface area contributed by atoms with Gasteiger partial charge in [-0.15, -0.1) is 0 Å². The molecule has 0 radical (unpaired) electrons. The van der Waals surface area contributed by atoms with E-state index in [2.05, 4.69) is 16.0 Å². The molecule has 8 nitrogen and oxygen atoms in total. The minimum atomic E-state index is -1.07. The number of urea groups is 1. The molecule has 3 amide bonds. The van der Waals surface area contributed by atoms with Crippen molar-refractivity contribution in [2.45, 2.75) is 39.3 Å². The number of ether oxygens (including phenoxy) is 1. The number of amides is 3. The molecule has 0 aliphatic carbocycles. The van der Waals surface area contributed by atoms with Crippen molar-refractivity contribution in [2.75, 3.05) is 19.8 Å². The Balaban J connectivity index is 3.85. The predicted molar refractivity (Wildman–Crippen MR) is 72.3 cm³/mol. The minimum absolute atomic E-state index is 0.0856. The molecule has 0 aliphatic rings. The average molecular weight is 289 g/mol. The Kier molecular flexibility index (Phi) is 7.60. The fourth-order valence-corrected chi connectivity index (χ4v) is 1.19. The number of carbonyl (C=O) groups is 3. The molecule has 0 aliphatic heterocycles. The third-order valence-corrected chi connectivity index (χ3v) is 2.00. The van der Waals surface area contributed by atoms with Crippen molar-refractivity contribution in [2.24, 2.45) is 0 Å². The van der Waals surface area contributed by atoms with Crippen molar-refractivity contribution in [1.29, 1.82) is 0 Å². The van der Waals surface area contributed by atoms with Gasteiger partial charge in [-0.25, -0.2) is 9.59 Å². The Morgan fingerprint density at radius 1 is 1.25 bits per heavy atom. The minimum Gasteiger partial charge on any atom is -0.480 e. The smallest absolute Gasteiger partial charge is 0.329 e. The zero-order chi connectivity index (χ0) is 15.8. The molecule has 0 rings (SSSR count). The van der Waals surface area contributed by atoms with Crippen LogP contribution in [-0.4, -0.2) is 54.4 Å². The van der Waals surface area contributed by atoms with Crippen LogP contribution in [0.3, 0.4) is 0 Å². The van der Waals surface area contributed by atoms with E-state index in [9.17, 15) is 14.4 Å². The van der Waals surface area contributed by atoms with Crippen LogP contribution in [0.2, 0.25) is 0 Å². The van der Waals surface area contributed by atoms with Gasteiger partial charge in [0.1, 0.15) is 12.6 Å². The van der Waals surface area contributed by atoms with Crippen molar-refractivity contribution in [1.82, 2.24) is 16.0 Å². The largest absolute Gasteiger partial charge is 0.480 e. The van der Waals surface area contributed by atoms with Crippen LogP contribution in [0.5, 0.6) is 0 Å². The van der Waals surface area contributed by atoms with E-state index in [1.165, 1.54) is 0 Å². The van der Waals surface area contributed by atoms with Crippen molar-refractivity contribution >= 4 is 17.9 Å². The first kappa shape index (κ1) is 18.2. The molecule has 1 unspecified atom stereocenters. The van der Waals surface area contributed by atoms with Gasteiger partial charge in [0.15, 0.2) is 0 Å². The number of hydrogen-bond acceptors (Lipinski definition) is 4. The van der Waals surface area contributed by atoms with Gasteiger partial charge in [0.05, 0.1) is 6.61 Å². The van der Waals surface area contributed by atoms with Gasteiger partial charge in [-0.1, -0.05) is 0 Å². The summed E-state index contributed by atoms with van der Waals surface area (Å²) in [4.78, 5) is 33.3. The Bertz CT molecular complexity index is 351. The van der Waals surface area contributed by atoms with Crippen LogP contribution in [0, 0.1) is 0 Å². The van der Waals surface area contributed by atoms with E-state index < -0.39 is 24.6 Å². The fourth-order valence-electron chi connectivity index (χ4n) is 1.19. The standard InChI is InChI=1S/C12H23N3O5/c1-8(10(18)15-12(2,3)4)14-11(19)13-5-6-20-7-9(16)17/h8H,5-7H2,1-4H3,(H,15,18)(H,16,17)(H2,13,14,19). The third kappa shape index (κ3) is 10.1. The van der Waals surface area contributed by atoms with E-state index >= 15 is 0 Å². The van der Waals surface area contributed by atoms with Crippen LogP contribution >= 0.6 is 0 Å². The van der Waals surface area contributed by atoms with Gasteiger partial charge in [-0.05, 0) is 27.7 Å². The molecule has 0 aromatic rings. The third-order valence-electron chi connectivity index (χ3n) is 2.00. The maximum absolute atomic E-state index is 11.7. The van der Waals surface area contributed by atoms with Crippen molar-refractivity contribution < 1.29 is 24.2 Å². The van der Waals surface area contributed by atoms with Gasteiger partial charge in [0, 0.05) is 12.1 Å².